The third kappa shape index (κ3) is 9.97. The van der Waals surface area contributed by atoms with Gasteiger partial charge in [0.15, 0.2) is 0 Å². The molecule has 0 radical (unpaired) electrons. The normalized spacial score (nSPS) is 33.8. The van der Waals surface area contributed by atoms with Crippen molar-refractivity contribution in [3.05, 3.63) is 0 Å². The highest BCUT2D eigenvalue weighted by Crippen LogP contribution is 2.41. The van der Waals surface area contributed by atoms with Crippen molar-refractivity contribution in [2.45, 2.75) is 114 Å². The van der Waals surface area contributed by atoms with E-state index in [9.17, 15) is 29.1 Å². The largest absolute Gasteiger partial charge is 0.480 e. The van der Waals surface area contributed by atoms with Crippen molar-refractivity contribution in [3.8, 4) is 0 Å². The Morgan fingerprint density at radius 1 is 0.732 bits per heavy atom. The highest BCUT2D eigenvalue weighted by Gasteiger charge is 2.33. The van der Waals surface area contributed by atoms with Gasteiger partial charge in [-0.1, -0.05) is 44.9 Å². The van der Waals surface area contributed by atoms with Gasteiger partial charge in [0.05, 0.1) is 19.2 Å². The number of ether oxygens (including phenoxy) is 1. The monoisotopic (exact) mass is 576 g/mol. The predicted molar refractivity (Wildman–Crippen MR) is 150 cm³/mol. The number of carbonyl (C=O) groups is 5. The fourth-order valence-corrected chi connectivity index (χ4v) is 7.36. The van der Waals surface area contributed by atoms with E-state index in [0.29, 0.717) is 25.7 Å². The second-order valence-corrected chi connectivity index (χ2v) is 12.7. The molecule has 5 rings (SSSR count). The third-order valence-electron chi connectivity index (χ3n) is 9.74. The number of aliphatic carboxylic acids is 1. The van der Waals surface area contributed by atoms with Crippen molar-refractivity contribution in [1.82, 2.24) is 21.3 Å². The van der Waals surface area contributed by atoms with Crippen molar-refractivity contribution in [2.75, 3.05) is 19.7 Å². The molecule has 11 nitrogen and oxygen atoms in total. The molecule has 11 heteroatoms. The molecular formula is C30H48N4O7. The lowest BCUT2D eigenvalue weighted by atomic mass is 9.70. The summed E-state index contributed by atoms with van der Waals surface area (Å²) in [6.45, 7) is -0.806. The molecule has 3 aliphatic carbocycles. The van der Waals surface area contributed by atoms with E-state index in [0.717, 1.165) is 50.4 Å². The summed E-state index contributed by atoms with van der Waals surface area (Å²) < 4.78 is 5.73. The van der Waals surface area contributed by atoms with Crippen LogP contribution in [0.2, 0.25) is 0 Å². The van der Waals surface area contributed by atoms with Gasteiger partial charge < -0.3 is 31.1 Å². The molecule has 2 bridgehead atoms. The molecule has 3 saturated carbocycles. The number of carboxylic acids is 1. The summed E-state index contributed by atoms with van der Waals surface area (Å²) >= 11 is 0. The van der Waals surface area contributed by atoms with Gasteiger partial charge in [0.1, 0.15) is 18.7 Å². The van der Waals surface area contributed by atoms with Crippen LogP contribution < -0.4 is 21.3 Å². The Bertz CT molecular complexity index is 922. The Balaban J connectivity index is 1.37. The summed E-state index contributed by atoms with van der Waals surface area (Å²) in [4.78, 5) is 62.7. The molecule has 2 heterocycles. The minimum Gasteiger partial charge on any atom is -0.480 e. The number of fused-ring (bicyclic) bond motifs is 16. The van der Waals surface area contributed by atoms with Gasteiger partial charge in [-0.25, -0.2) is 4.79 Å². The van der Waals surface area contributed by atoms with Crippen LogP contribution in [0, 0.1) is 23.7 Å². The molecule has 2 saturated heterocycles. The number of hydrogen-bond acceptors (Lipinski definition) is 6. The van der Waals surface area contributed by atoms with Crippen LogP contribution in [0.4, 0.5) is 0 Å². The first-order chi connectivity index (χ1) is 19.8. The minimum atomic E-state index is -1.11. The first kappa shape index (κ1) is 31.3. The molecule has 0 aromatic rings. The van der Waals surface area contributed by atoms with E-state index in [4.69, 9.17) is 4.74 Å². The van der Waals surface area contributed by atoms with E-state index in [1.165, 1.54) is 32.1 Å². The lowest BCUT2D eigenvalue weighted by Crippen LogP contribution is -2.53. The number of nitrogens with one attached hydrogen (secondary N) is 4. The summed E-state index contributed by atoms with van der Waals surface area (Å²) in [5.74, 6) is -1.12. The standard InChI is InChI=1S/C30H48N4O7/c35-26-16-31-28(37)18-41-23-12-8-20(9-13-23)15-25(30(39)40)34-27(36)17-32-29(38)24(33-26)14-19-6-10-22(11-7-19)21-4-2-1-3-5-21/h19-25H,1-18H2,(H,31,37)(H,32,38)(H,33,35)(H,34,36)(H,39,40). The molecule has 230 valence electrons. The molecule has 5 aliphatic rings. The highest BCUT2D eigenvalue weighted by atomic mass is 16.5. The van der Waals surface area contributed by atoms with E-state index >= 15 is 0 Å². The maximum absolute atomic E-state index is 13.2. The van der Waals surface area contributed by atoms with Gasteiger partial charge in [0, 0.05) is 0 Å². The SMILES string of the molecule is O=C1COC2CCC(CC2)CC(C(=O)O)NC(=O)CNC(=O)C(CC2CCC(C3CCCCC3)CC2)NC(=O)CN1. The topological polar surface area (TPSA) is 163 Å². The molecule has 2 aliphatic heterocycles. The third-order valence-corrected chi connectivity index (χ3v) is 9.74. The van der Waals surface area contributed by atoms with E-state index in [2.05, 4.69) is 21.3 Å². The Kier molecular flexibility index (Phi) is 11.8. The van der Waals surface area contributed by atoms with Crippen LogP contribution in [0.15, 0.2) is 0 Å². The molecular weight excluding hydrogens is 528 g/mol. The second kappa shape index (κ2) is 15.5. The Hall–Kier alpha value is -2.69. The first-order valence-corrected chi connectivity index (χ1v) is 15.7. The summed E-state index contributed by atoms with van der Waals surface area (Å²) in [5, 5.41) is 20.2. The number of amides is 4. The Morgan fingerprint density at radius 3 is 2.05 bits per heavy atom. The smallest absolute Gasteiger partial charge is 0.326 e. The van der Waals surface area contributed by atoms with Crippen LogP contribution in [0.3, 0.4) is 0 Å². The molecule has 41 heavy (non-hydrogen) atoms. The van der Waals surface area contributed by atoms with Crippen LogP contribution in [-0.2, 0) is 28.7 Å². The number of hydrogen-bond donors (Lipinski definition) is 5. The van der Waals surface area contributed by atoms with Crippen LogP contribution >= 0.6 is 0 Å². The van der Waals surface area contributed by atoms with Crippen molar-refractivity contribution >= 4 is 29.6 Å². The van der Waals surface area contributed by atoms with E-state index in [1.807, 2.05) is 0 Å². The highest BCUT2D eigenvalue weighted by molar-refractivity contribution is 5.92. The summed E-state index contributed by atoms with van der Waals surface area (Å²) in [6.07, 6.45) is 14.4. The molecule has 2 unspecified atom stereocenters. The van der Waals surface area contributed by atoms with Crippen molar-refractivity contribution in [2.24, 2.45) is 23.7 Å². The maximum Gasteiger partial charge on any atom is 0.326 e. The maximum atomic E-state index is 13.2. The van der Waals surface area contributed by atoms with Crippen LogP contribution in [0.25, 0.3) is 0 Å². The van der Waals surface area contributed by atoms with Gasteiger partial charge in [-0.15, -0.1) is 0 Å². The number of carbonyl (C=O) groups excluding carboxylic acids is 4. The average molecular weight is 577 g/mol. The van der Waals surface area contributed by atoms with Crippen molar-refractivity contribution in [1.29, 1.82) is 0 Å². The predicted octanol–water partition coefficient (Wildman–Crippen LogP) is 2.03. The van der Waals surface area contributed by atoms with E-state index in [-0.39, 0.29) is 37.6 Å². The lowest BCUT2D eigenvalue weighted by molar-refractivity contribution is -0.142. The van der Waals surface area contributed by atoms with Crippen LogP contribution in [-0.4, -0.2) is 72.6 Å². The van der Waals surface area contributed by atoms with E-state index < -0.39 is 41.7 Å². The van der Waals surface area contributed by atoms with Gasteiger partial charge in [0.25, 0.3) is 0 Å². The fraction of sp³-hybridized carbons (Fsp3) is 0.833. The van der Waals surface area contributed by atoms with E-state index in [1.54, 1.807) is 0 Å². The van der Waals surface area contributed by atoms with Gasteiger partial charge in [0.2, 0.25) is 23.6 Å². The minimum absolute atomic E-state index is 0.106. The van der Waals surface area contributed by atoms with Crippen molar-refractivity contribution < 1.29 is 33.8 Å². The summed E-state index contributed by atoms with van der Waals surface area (Å²) in [5.41, 5.74) is 0. The van der Waals surface area contributed by atoms with Gasteiger partial charge in [-0.05, 0) is 75.0 Å². The zero-order valence-corrected chi connectivity index (χ0v) is 24.2. The molecule has 5 N–H and O–H groups in total. The quantitative estimate of drug-likeness (QED) is 0.320. The molecule has 5 fully saturated rings. The molecule has 0 aromatic carbocycles. The first-order valence-electron chi connectivity index (χ1n) is 15.7. The lowest BCUT2D eigenvalue weighted by Gasteiger charge is -2.36. The van der Waals surface area contributed by atoms with Crippen LogP contribution in [0.1, 0.15) is 96.3 Å². The summed E-state index contributed by atoms with van der Waals surface area (Å²) in [6, 6.07) is -1.91. The Morgan fingerprint density at radius 2 is 1.37 bits per heavy atom. The number of carboxylic acid groups (broad SMARTS) is 1. The summed E-state index contributed by atoms with van der Waals surface area (Å²) in [7, 11) is 0. The molecule has 4 amide bonds. The van der Waals surface area contributed by atoms with Crippen molar-refractivity contribution in [3.63, 3.8) is 0 Å². The average Bonchev–Trinajstić information content (AvgIpc) is 2.98. The molecule has 0 spiro atoms. The van der Waals surface area contributed by atoms with Gasteiger partial charge in [-0.2, -0.15) is 0 Å². The van der Waals surface area contributed by atoms with Gasteiger partial charge in [-0.3, -0.25) is 19.2 Å². The van der Waals surface area contributed by atoms with Crippen LogP contribution in [0.5, 0.6) is 0 Å². The molecule has 2 atom stereocenters. The molecule has 0 aromatic heterocycles. The zero-order chi connectivity index (χ0) is 29.2. The zero-order valence-electron chi connectivity index (χ0n) is 24.2. The second-order valence-electron chi connectivity index (χ2n) is 12.7. The van der Waals surface area contributed by atoms with Gasteiger partial charge >= 0.3 is 5.97 Å². The number of rotatable bonds is 4. The fourth-order valence-electron chi connectivity index (χ4n) is 7.36. The Labute approximate surface area is 242 Å².